The topological polar surface area (TPSA) is 78.8 Å². The normalized spacial score (nSPS) is 10.3. The van der Waals surface area contributed by atoms with E-state index in [1.165, 1.54) is 0 Å². The Hall–Kier alpha value is -2.66. The fourth-order valence-electron chi connectivity index (χ4n) is 1.91. The zero-order valence-corrected chi connectivity index (χ0v) is 11.9. The van der Waals surface area contributed by atoms with Crippen LogP contribution >= 0.6 is 11.6 Å². The summed E-state index contributed by atoms with van der Waals surface area (Å²) in [5, 5.41) is 14.1. The lowest BCUT2D eigenvalue weighted by atomic mass is 10.3. The quantitative estimate of drug-likeness (QED) is 0.546. The van der Waals surface area contributed by atoms with Crippen molar-refractivity contribution >= 4 is 40.2 Å². The van der Waals surface area contributed by atoms with Gasteiger partial charge in [-0.15, -0.1) is 0 Å². The van der Waals surface area contributed by atoms with Crippen molar-refractivity contribution in [2.45, 2.75) is 0 Å². The van der Waals surface area contributed by atoms with Gasteiger partial charge in [-0.05, 0) is 42.5 Å². The third-order valence-electron chi connectivity index (χ3n) is 2.92. The minimum absolute atomic E-state index is 0.677. The molecule has 0 unspecified atom stereocenters. The Balaban J connectivity index is 1.79. The Kier molecular flexibility index (Phi) is 3.66. The van der Waals surface area contributed by atoms with Crippen molar-refractivity contribution in [1.29, 1.82) is 0 Å². The van der Waals surface area contributed by atoms with Gasteiger partial charge in [-0.2, -0.15) is 5.10 Å². The molecule has 1 heterocycles. The number of anilines is 5. The van der Waals surface area contributed by atoms with Gasteiger partial charge in [0.05, 0.1) is 6.20 Å². The van der Waals surface area contributed by atoms with Crippen molar-refractivity contribution in [2.24, 2.45) is 0 Å². The molecule has 0 atom stereocenters. The molecule has 0 saturated heterocycles. The number of nitrogens with two attached hydrogens (primary N) is 1. The second-order valence-corrected chi connectivity index (χ2v) is 4.98. The lowest BCUT2D eigenvalue weighted by molar-refractivity contribution is 1.09. The average molecular weight is 300 g/mol. The molecule has 3 aromatic rings. The molecule has 5 nitrogen and oxygen atoms in total. The van der Waals surface area contributed by atoms with E-state index >= 15 is 0 Å². The Bertz CT molecular complexity index is 736. The first kappa shape index (κ1) is 13.3. The highest BCUT2D eigenvalue weighted by atomic mass is 35.5. The van der Waals surface area contributed by atoms with Crippen LogP contribution in [0.4, 0.5) is 28.6 Å². The number of halogens is 1. The lowest BCUT2D eigenvalue weighted by Gasteiger charge is -2.09. The molecular formula is C15H14ClN5. The molecule has 5 N–H and O–H groups in total. The molecule has 0 radical (unpaired) electrons. The highest BCUT2D eigenvalue weighted by molar-refractivity contribution is 6.30. The summed E-state index contributed by atoms with van der Waals surface area (Å²) in [5.41, 5.74) is 9.04. The molecule has 0 amide bonds. The van der Waals surface area contributed by atoms with E-state index in [4.69, 9.17) is 17.3 Å². The number of hydrogen-bond donors (Lipinski definition) is 4. The highest BCUT2D eigenvalue weighted by Crippen LogP contribution is 2.27. The molecule has 0 aliphatic rings. The van der Waals surface area contributed by atoms with Crippen LogP contribution in [-0.2, 0) is 0 Å². The molecule has 0 bridgehead atoms. The van der Waals surface area contributed by atoms with Crippen LogP contribution in [0.2, 0.25) is 5.02 Å². The van der Waals surface area contributed by atoms with Crippen LogP contribution in [0.15, 0.2) is 54.7 Å². The molecule has 0 saturated carbocycles. The van der Waals surface area contributed by atoms with Crippen LogP contribution in [0.5, 0.6) is 0 Å². The number of nitrogen functional groups attached to an aromatic ring is 1. The molecule has 3 rings (SSSR count). The largest absolute Gasteiger partial charge is 0.399 e. The predicted molar refractivity (Wildman–Crippen MR) is 87.5 cm³/mol. The maximum absolute atomic E-state index is 5.98. The first-order chi connectivity index (χ1) is 10.2. The number of nitrogens with zero attached hydrogens (tertiary/aromatic N) is 1. The summed E-state index contributed by atoms with van der Waals surface area (Å²) in [6.45, 7) is 0. The van der Waals surface area contributed by atoms with Crippen molar-refractivity contribution in [3.63, 3.8) is 0 Å². The van der Waals surface area contributed by atoms with E-state index in [9.17, 15) is 0 Å². The summed E-state index contributed by atoms with van der Waals surface area (Å²) in [6.07, 6.45) is 1.71. The summed E-state index contributed by atoms with van der Waals surface area (Å²) < 4.78 is 0. The zero-order valence-electron chi connectivity index (χ0n) is 11.1. The standard InChI is InChI=1S/C15H14ClN5/c16-10-2-1-3-13(8-10)19-14-9-18-21-15(14)20-12-6-4-11(17)5-7-12/h1-9,19H,17H2,(H2,18,20,21). The summed E-state index contributed by atoms with van der Waals surface area (Å²) in [4.78, 5) is 0. The van der Waals surface area contributed by atoms with E-state index in [1.54, 1.807) is 6.20 Å². The van der Waals surface area contributed by atoms with Gasteiger partial charge in [0, 0.05) is 22.1 Å². The molecule has 6 heteroatoms. The van der Waals surface area contributed by atoms with Crippen molar-refractivity contribution < 1.29 is 0 Å². The second kappa shape index (κ2) is 5.76. The Morgan fingerprint density at radius 3 is 2.57 bits per heavy atom. The van der Waals surface area contributed by atoms with Crippen LogP contribution in [0, 0.1) is 0 Å². The number of aromatic nitrogens is 2. The van der Waals surface area contributed by atoms with Gasteiger partial charge in [-0.3, -0.25) is 5.10 Å². The highest BCUT2D eigenvalue weighted by Gasteiger charge is 2.06. The Morgan fingerprint density at radius 2 is 1.81 bits per heavy atom. The Labute approximate surface area is 127 Å². The van der Waals surface area contributed by atoms with Crippen molar-refractivity contribution in [2.75, 3.05) is 16.4 Å². The smallest absolute Gasteiger partial charge is 0.150 e. The van der Waals surface area contributed by atoms with Crippen LogP contribution in [-0.4, -0.2) is 10.2 Å². The van der Waals surface area contributed by atoms with Gasteiger partial charge < -0.3 is 16.4 Å². The van der Waals surface area contributed by atoms with E-state index in [0.717, 1.165) is 28.6 Å². The molecule has 0 spiro atoms. The van der Waals surface area contributed by atoms with Gasteiger partial charge >= 0.3 is 0 Å². The number of aromatic amines is 1. The summed E-state index contributed by atoms with van der Waals surface area (Å²) in [6, 6.07) is 15.0. The van der Waals surface area contributed by atoms with Crippen LogP contribution in [0.25, 0.3) is 0 Å². The number of benzene rings is 2. The van der Waals surface area contributed by atoms with Crippen LogP contribution in [0.1, 0.15) is 0 Å². The maximum Gasteiger partial charge on any atom is 0.150 e. The van der Waals surface area contributed by atoms with Gasteiger partial charge in [0.25, 0.3) is 0 Å². The molecule has 106 valence electrons. The molecule has 2 aromatic carbocycles. The molecular weight excluding hydrogens is 286 g/mol. The number of hydrogen-bond acceptors (Lipinski definition) is 4. The Morgan fingerprint density at radius 1 is 1.00 bits per heavy atom. The van der Waals surface area contributed by atoms with E-state index < -0.39 is 0 Å². The van der Waals surface area contributed by atoms with Gasteiger partial charge in [0.1, 0.15) is 11.5 Å². The predicted octanol–water partition coefficient (Wildman–Crippen LogP) is 4.13. The minimum atomic E-state index is 0.677. The summed E-state index contributed by atoms with van der Waals surface area (Å²) in [7, 11) is 0. The van der Waals surface area contributed by atoms with Gasteiger partial charge in [0.15, 0.2) is 0 Å². The van der Waals surface area contributed by atoms with E-state index in [1.807, 2.05) is 48.5 Å². The van der Waals surface area contributed by atoms with Crippen LogP contribution in [0.3, 0.4) is 0 Å². The monoisotopic (exact) mass is 299 g/mol. The van der Waals surface area contributed by atoms with Crippen molar-refractivity contribution in [3.8, 4) is 0 Å². The number of nitrogens with one attached hydrogen (secondary N) is 3. The number of H-pyrrole nitrogens is 1. The molecule has 0 fully saturated rings. The third kappa shape index (κ3) is 3.27. The van der Waals surface area contributed by atoms with Gasteiger partial charge in [0.2, 0.25) is 0 Å². The van der Waals surface area contributed by atoms with Crippen LogP contribution < -0.4 is 16.4 Å². The summed E-state index contributed by atoms with van der Waals surface area (Å²) in [5.74, 6) is 0.764. The molecule has 21 heavy (non-hydrogen) atoms. The lowest BCUT2D eigenvalue weighted by Crippen LogP contribution is -1.96. The first-order valence-corrected chi connectivity index (χ1v) is 6.77. The van der Waals surface area contributed by atoms with E-state index in [-0.39, 0.29) is 0 Å². The fraction of sp³-hybridized carbons (Fsp3) is 0. The van der Waals surface area contributed by atoms with Gasteiger partial charge in [-0.25, -0.2) is 0 Å². The van der Waals surface area contributed by atoms with Gasteiger partial charge in [-0.1, -0.05) is 17.7 Å². The minimum Gasteiger partial charge on any atom is -0.399 e. The second-order valence-electron chi connectivity index (χ2n) is 4.54. The van der Waals surface area contributed by atoms with E-state index in [2.05, 4.69) is 20.8 Å². The zero-order chi connectivity index (χ0) is 14.7. The first-order valence-electron chi connectivity index (χ1n) is 6.39. The summed E-state index contributed by atoms with van der Waals surface area (Å²) >= 11 is 5.98. The average Bonchev–Trinajstić information content (AvgIpc) is 2.89. The maximum atomic E-state index is 5.98. The molecule has 0 aliphatic heterocycles. The molecule has 0 aliphatic carbocycles. The third-order valence-corrected chi connectivity index (χ3v) is 3.16. The van der Waals surface area contributed by atoms with Crippen molar-refractivity contribution in [3.05, 3.63) is 59.8 Å². The van der Waals surface area contributed by atoms with E-state index in [0.29, 0.717) is 5.02 Å². The number of rotatable bonds is 4. The SMILES string of the molecule is Nc1ccc(Nc2[nH]ncc2Nc2cccc(Cl)c2)cc1. The fourth-order valence-corrected chi connectivity index (χ4v) is 2.10. The molecule has 1 aromatic heterocycles. The van der Waals surface area contributed by atoms with Crippen molar-refractivity contribution in [1.82, 2.24) is 10.2 Å².